The Morgan fingerprint density at radius 1 is 1.05 bits per heavy atom. The van der Waals surface area contributed by atoms with Crippen LogP contribution in [0.4, 0.5) is 13.2 Å². The Bertz CT molecular complexity index is 1620. The second-order valence-corrected chi connectivity index (χ2v) is 11.4. The normalized spacial score (nSPS) is 12.6. The molecule has 3 aromatic carbocycles. The van der Waals surface area contributed by atoms with Crippen molar-refractivity contribution in [3.8, 4) is 11.3 Å². The molecule has 0 spiro atoms. The van der Waals surface area contributed by atoms with E-state index in [1.807, 2.05) is 30.3 Å². The predicted octanol–water partition coefficient (Wildman–Crippen LogP) is 6.68. The molecule has 0 aliphatic heterocycles. The first kappa shape index (κ1) is 27.7. The molecule has 12 heteroatoms. The third kappa shape index (κ3) is 6.06. The lowest BCUT2D eigenvalue weighted by Crippen LogP contribution is -2.26. The van der Waals surface area contributed by atoms with E-state index in [4.69, 9.17) is 17.3 Å². The molecule has 1 aromatic heterocycles. The number of nitrogens with two attached hydrogens (primary N) is 1. The van der Waals surface area contributed by atoms with Crippen LogP contribution in [0.2, 0.25) is 5.02 Å². The van der Waals surface area contributed by atoms with Crippen LogP contribution in [0.25, 0.3) is 11.3 Å². The van der Waals surface area contributed by atoms with Crippen molar-refractivity contribution >= 4 is 39.3 Å². The molecule has 0 aliphatic carbocycles. The molecule has 4 rings (SSSR count). The lowest BCUT2D eigenvalue weighted by Gasteiger charge is -2.14. The highest BCUT2D eigenvalue weighted by Crippen LogP contribution is 2.38. The van der Waals surface area contributed by atoms with E-state index >= 15 is 0 Å². The molecule has 0 bridgehead atoms. The van der Waals surface area contributed by atoms with Gasteiger partial charge in [0.2, 0.25) is 5.96 Å². The summed E-state index contributed by atoms with van der Waals surface area (Å²) >= 11 is 7.16. The molecule has 0 fully saturated rings. The van der Waals surface area contributed by atoms with Crippen LogP contribution in [0.1, 0.15) is 22.4 Å². The molecule has 198 valence electrons. The molecule has 0 unspecified atom stereocenters. The van der Waals surface area contributed by atoms with Crippen LogP contribution in [-0.4, -0.2) is 24.2 Å². The molecule has 38 heavy (non-hydrogen) atoms. The van der Waals surface area contributed by atoms with E-state index in [0.717, 1.165) is 23.4 Å². The zero-order valence-corrected chi connectivity index (χ0v) is 22.6. The molecule has 0 radical (unpaired) electrons. The van der Waals surface area contributed by atoms with E-state index in [0.29, 0.717) is 17.0 Å². The minimum Gasteiger partial charge on any atom is -0.367 e. The highest BCUT2D eigenvalue weighted by molar-refractivity contribution is 7.99. The Balaban J connectivity index is 1.73. The summed E-state index contributed by atoms with van der Waals surface area (Å²) in [5, 5.41) is 4.56. The van der Waals surface area contributed by atoms with E-state index in [9.17, 15) is 21.6 Å². The maximum atomic E-state index is 13.5. The summed E-state index contributed by atoms with van der Waals surface area (Å²) < 4.78 is 72.3. The third-order valence-electron chi connectivity index (χ3n) is 5.54. The summed E-state index contributed by atoms with van der Waals surface area (Å²) in [6.07, 6.45) is -4.55. The first-order valence-electron chi connectivity index (χ1n) is 11.2. The summed E-state index contributed by atoms with van der Waals surface area (Å²) in [7, 11) is -4.41. The average molecular weight is 579 g/mol. The molecule has 0 aliphatic rings. The number of aryl methyl sites for hydroxylation is 2. The number of thioether (sulfide) groups is 1. The van der Waals surface area contributed by atoms with Crippen molar-refractivity contribution < 1.29 is 21.6 Å². The number of nitrogens with zero attached hydrogens (tertiary/aromatic N) is 3. The lowest BCUT2D eigenvalue weighted by molar-refractivity contribution is -0.138. The van der Waals surface area contributed by atoms with Crippen molar-refractivity contribution in [2.45, 2.75) is 35.6 Å². The minimum absolute atomic E-state index is 0.00702. The van der Waals surface area contributed by atoms with Gasteiger partial charge >= 0.3 is 6.18 Å². The Kier molecular flexibility index (Phi) is 7.91. The molecule has 0 atom stereocenters. The van der Waals surface area contributed by atoms with Gasteiger partial charge in [-0.2, -0.15) is 31.4 Å². The van der Waals surface area contributed by atoms with E-state index < -0.39 is 21.8 Å². The number of sulfonamides is 1. The van der Waals surface area contributed by atoms with Gasteiger partial charge in [-0.15, -0.1) is 16.2 Å². The number of halogens is 4. The zero-order valence-electron chi connectivity index (χ0n) is 20.2. The van der Waals surface area contributed by atoms with E-state index in [-0.39, 0.29) is 32.1 Å². The fourth-order valence-corrected chi connectivity index (χ4v) is 6.48. The van der Waals surface area contributed by atoms with Gasteiger partial charge in [0.15, 0.2) is 0 Å². The van der Waals surface area contributed by atoms with Gasteiger partial charge in [0.05, 0.1) is 17.0 Å². The Morgan fingerprint density at radius 2 is 1.71 bits per heavy atom. The van der Waals surface area contributed by atoms with Gasteiger partial charge in [-0.25, -0.2) is 0 Å². The van der Waals surface area contributed by atoms with Crippen LogP contribution in [0.5, 0.6) is 0 Å². The van der Waals surface area contributed by atoms with Crippen molar-refractivity contribution in [2.75, 3.05) is 0 Å². The second-order valence-electron chi connectivity index (χ2n) is 8.37. The van der Waals surface area contributed by atoms with Gasteiger partial charge in [0.1, 0.15) is 4.90 Å². The lowest BCUT2D eigenvalue weighted by atomic mass is 10.1. The van der Waals surface area contributed by atoms with Crippen LogP contribution in [0, 0.1) is 13.8 Å². The third-order valence-corrected chi connectivity index (χ3v) is 8.50. The maximum absolute atomic E-state index is 13.5. The molecule has 1 heterocycles. The van der Waals surface area contributed by atoms with Crippen molar-refractivity contribution in [3.05, 3.63) is 100 Å². The molecule has 0 saturated heterocycles. The summed E-state index contributed by atoms with van der Waals surface area (Å²) in [6, 6.07) is 18.7. The van der Waals surface area contributed by atoms with E-state index in [2.05, 4.69) is 9.50 Å². The van der Waals surface area contributed by atoms with Gasteiger partial charge in [0.25, 0.3) is 10.0 Å². The molecule has 0 amide bonds. The highest BCUT2D eigenvalue weighted by Gasteiger charge is 2.33. The topological polar surface area (TPSA) is 90.3 Å². The van der Waals surface area contributed by atoms with Crippen molar-refractivity contribution in [1.29, 1.82) is 0 Å². The number of aromatic nitrogens is 2. The molecule has 4 aromatic rings. The smallest absolute Gasteiger partial charge is 0.367 e. The van der Waals surface area contributed by atoms with Gasteiger partial charge in [0, 0.05) is 21.2 Å². The molecular formula is C26H22ClF3N4O2S2. The fraction of sp³-hybridized carbons (Fsp3) is 0.154. The fourth-order valence-electron chi connectivity index (χ4n) is 3.73. The number of benzene rings is 3. The summed E-state index contributed by atoms with van der Waals surface area (Å²) in [5.74, 6) is -0.532. The summed E-state index contributed by atoms with van der Waals surface area (Å²) in [5.41, 5.74) is 7.71. The Morgan fingerprint density at radius 3 is 2.39 bits per heavy atom. The van der Waals surface area contributed by atoms with Crippen molar-refractivity contribution in [1.82, 2.24) is 9.78 Å². The molecule has 2 N–H and O–H groups in total. The molecule has 6 nitrogen and oxygen atoms in total. The Labute approximate surface area is 227 Å². The van der Waals surface area contributed by atoms with Crippen LogP contribution < -0.4 is 5.73 Å². The van der Waals surface area contributed by atoms with Crippen molar-refractivity contribution in [3.63, 3.8) is 0 Å². The highest BCUT2D eigenvalue weighted by atomic mass is 35.5. The summed E-state index contributed by atoms with van der Waals surface area (Å²) in [6.45, 7) is 3.35. The number of hydrogen-bond donors (Lipinski definition) is 1. The van der Waals surface area contributed by atoms with E-state index in [1.54, 1.807) is 19.9 Å². The number of alkyl halides is 3. The number of hydrogen-bond acceptors (Lipinski definition) is 4. The zero-order chi connectivity index (χ0) is 27.7. The van der Waals surface area contributed by atoms with Crippen molar-refractivity contribution in [2.24, 2.45) is 10.1 Å². The maximum Gasteiger partial charge on any atom is 0.416 e. The first-order valence-corrected chi connectivity index (χ1v) is 14.0. The summed E-state index contributed by atoms with van der Waals surface area (Å²) in [4.78, 5) is -0.0731. The van der Waals surface area contributed by atoms with Gasteiger partial charge < -0.3 is 5.73 Å². The predicted molar refractivity (Wildman–Crippen MR) is 144 cm³/mol. The van der Waals surface area contributed by atoms with Crippen LogP contribution in [-0.2, 0) is 22.0 Å². The number of rotatable bonds is 6. The molecule has 0 saturated carbocycles. The standard InChI is InChI=1S/C26H22ClF3N4O2S2/c1-16-12-24(23(14-21(16)27)37-15-19-10-6-7-11-20(19)26(28,29)30)38(35,36)33-25(31)34-22(13-17(2)32-34)18-8-4-3-5-9-18/h3-14H,15H2,1-2H3,(H2,31,33). The average Bonchev–Trinajstić information content (AvgIpc) is 3.26. The van der Waals surface area contributed by atoms with Crippen LogP contribution in [0.15, 0.2) is 87.0 Å². The second kappa shape index (κ2) is 10.8. The van der Waals surface area contributed by atoms with Gasteiger partial charge in [-0.05, 0) is 49.2 Å². The van der Waals surface area contributed by atoms with Gasteiger partial charge in [-0.3, -0.25) is 0 Å². The SMILES string of the molecule is Cc1cc(-c2ccccc2)n(C(N)=NS(=O)(=O)c2cc(C)c(Cl)cc2SCc2ccccc2C(F)(F)F)n1. The van der Waals surface area contributed by atoms with E-state index in [1.165, 1.54) is 35.0 Å². The van der Waals surface area contributed by atoms with Crippen LogP contribution in [0.3, 0.4) is 0 Å². The van der Waals surface area contributed by atoms with Gasteiger partial charge in [-0.1, -0.05) is 60.1 Å². The quantitative estimate of drug-likeness (QED) is 0.156. The largest absolute Gasteiger partial charge is 0.416 e. The minimum atomic E-state index is -4.55. The molecular weight excluding hydrogens is 557 g/mol. The van der Waals surface area contributed by atoms with Crippen LogP contribution >= 0.6 is 23.4 Å². The first-order chi connectivity index (χ1) is 17.9. The Hall–Kier alpha value is -3.28. The monoisotopic (exact) mass is 578 g/mol.